The highest BCUT2D eigenvalue weighted by Gasteiger charge is 2.34. The van der Waals surface area contributed by atoms with Crippen LogP contribution in [0.4, 0.5) is 18.9 Å². The van der Waals surface area contributed by atoms with Gasteiger partial charge in [0.15, 0.2) is 0 Å². The minimum atomic E-state index is -4.67. The lowest BCUT2D eigenvalue weighted by Crippen LogP contribution is -2.17. The van der Waals surface area contributed by atoms with Gasteiger partial charge in [0, 0.05) is 6.20 Å². The number of hydrogen-bond acceptors (Lipinski definition) is 3. The van der Waals surface area contributed by atoms with Crippen molar-refractivity contribution in [2.45, 2.75) is 11.1 Å². The summed E-state index contributed by atoms with van der Waals surface area (Å²) in [6.07, 6.45) is -3.71. The third-order valence-corrected chi connectivity index (χ3v) is 4.06. The maximum absolute atomic E-state index is 12.8. The fraction of sp³-hybridized carbons (Fsp3) is 0.0833. The molecule has 0 aliphatic carbocycles. The van der Waals surface area contributed by atoms with Crippen LogP contribution in [0.25, 0.3) is 0 Å². The molecule has 112 valence electrons. The van der Waals surface area contributed by atoms with Crippen molar-refractivity contribution in [3.05, 3.63) is 53.3 Å². The minimum Gasteiger partial charge on any atom is -0.279 e. The summed E-state index contributed by atoms with van der Waals surface area (Å²) in [5, 5.41) is 0.0737. The van der Waals surface area contributed by atoms with Crippen LogP contribution in [0, 0.1) is 0 Å². The first-order valence-corrected chi connectivity index (χ1v) is 7.37. The molecule has 1 aromatic carbocycles. The van der Waals surface area contributed by atoms with Gasteiger partial charge in [0.2, 0.25) is 0 Å². The molecule has 1 N–H and O–H groups in total. The summed E-state index contributed by atoms with van der Waals surface area (Å²) in [5.41, 5.74) is -1.63. The lowest BCUT2D eigenvalue weighted by atomic mass is 10.2. The van der Waals surface area contributed by atoms with E-state index in [1.807, 2.05) is 4.72 Å². The predicted octanol–water partition coefficient (Wildman–Crippen LogP) is 3.55. The van der Waals surface area contributed by atoms with Crippen LogP contribution in [0.3, 0.4) is 0 Å². The van der Waals surface area contributed by atoms with E-state index < -0.39 is 27.5 Å². The SMILES string of the molecule is O=S(=O)(Nc1ccccc1C(F)(F)F)c1ccc(Cl)nc1. The Morgan fingerprint density at radius 3 is 2.33 bits per heavy atom. The topological polar surface area (TPSA) is 59.1 Å². The fourth-order valence-electron chi connectivity index (χ4n) is 1.54. The molecule has 0 amide bonds. The highest BCUT2D eigenvalue weighted by molar-refractivity contribution is 7.92. The van der Waals surface area contributed by atoms with Gasteiger partial charge in [0.05, 0.1) is 11.3 Å². The van der Waals surface area contributed by atoms with E-state index in [2.05, 4.69) is 4.98 Å². The number of benzene rings is 1. The molecule has 0 bridgehead atoms. The Bertz CT molecular complexity index is 746. The number of pyridine rings is 1. The molecule has 0 saturated carbocycles. The summed E-state index contributed by atoms with van der Waals surface area (Å²) in [6.45, 7) is 0. The molecule has 0 radical (unpaired) electrons. The Morgan fingerprint density at radius 2 is 1.76 bits per heavy atom. The largest absolute Gasteiger partial charge is 0.418 e. The van der Waals surface area contributed by atoms with E-state index >= 15 is 0 Å². The number of nitrogens with one attached hydrogen (secondary N) is 1. The van der Waals surface area contributed by atoms with Crippen LogP contribution in [0.2, 0.25) is 5.15 Å². The van der Waals surface area contributed by atoms with E-state index in [0.29, 0.717) is 0 Å². The number of sulfonamides is 1. The highest BCUT2D eigenvalue weighted by Crippen LogP contribution is 2.35. The number of anilines is 1. The lowest BCUT2D eigenvalue weighted by molar-refractivity contribution is -0.136. The van der Waals surface area contributed by atoms with Crippen LogP contribution in [-0.4, -0.2) is 13.4 Å². The van der Waals surface area contributed by atoms with E-state index in [1.54, 1.807) is 0 Å². The van der Waals surface area contributed by atoms with Crippen molar-refractivity contribution in [2.24, 2.45) is 0 Å². The zero-order valence-electron chi connectivity index (χ0n) is 10.2. The van der Waals surface area contributed by atoms with Crippen LogP contribution in [0.5, 0.6) is 0 Å². The van der Waals surface area contributed by atoms with Gasteiger partial charge in [-0.2, -0.15) is 13.2 Å². The number of para-hydroxylation sites is 1. The molecule has 0 aliphatic heterocycles. The number of alkyl halides is 3. The Labute approximate surface area is 123 Å². The molecule has 0 spiro atoms. The molecule has 0 unspecified atom stereocenters. The van der Waals surface area contributed by atoms with Crippen molar-refractivity contribution in [2.75, 3.05) is 4.72 Å². The summed E-state index contributed by atoms with van der Waals surface area (Å²) in [7, 11) is -4.18. The van der Waals surface area contributed by atoms with Gasteiger partial charge in [-0.15, -0.1) is 0 Å². The van der Waals surface area contributed by atoms with Gasteiger partial charge in [-0.05, 0) is 24.3 Å². The maximum Gasteiger partial charge on any atom is 0.418 e. The second kappa shape index (κ2) is 5.53. The zero-order chi connectivity index (χ0) is 15.7. The molecular weight excluding hydrogens is 329 g/mol. The van der Waals surface area contributed by atoms with E-state index in [0.717, 1.165) is 24.4 Å². The van der Waals surface area contributed by atoms with Gasteiger partial charge in [-0.1, -0.05) is 23.7 Å². The molecule has 0 atom stereocenters. The Balaban J connectivity index is 2.40. The number of rotatable bonds is 3. The van der Waals surface area contributed by atoms with Gasteiger partial charge in [-0.25, -0.2) is 13.4 Å². The zero-order valence-corrected chi connectivity index (χ0v) is 11.8. The summed E-state index contributed by atoms with van der Waals surface area (Å²) in [5.74, 6) is 0. The Hall–Kier alpha value is -1.80. The van der Waals surface area contributed by atoms with Gasteiger partial charge in [0.25, 0.3) is 10.0 Å². The molecule has 1 aromatic heterocycles. The van der Waals surface area contributed by atoms with Crippen LogP contribution < -0.4 is 4.72 Å². The second-order valence-corrected chi connectivity index (χ2v) is 6.04. The monoisotopic (exact) mass is 336 g/mol. The molecule has 9 heteroatoms. The molecular formula is C12H8ClF3N2O2S. The molecule has 0 fully saturated rings. The molecule has 4 nitrogen and oxygen atoms in total. The van der Waals surface area contributed by atoms with E-state index in [4.69, 9.17) is 11.6 Å². The predicted molar refractivity (Wildman–Crippen MR) is 71.5 cm³/mol. The quantitative estimate of drug-likeness (QED) is 0.872. The average molecular weight is 337 g/mol. The molecule has 0 aliphatic rings. The van der Waals surface area contributed by atoms with Crippen LogP contribution in [0.15, 0.2) is 47.5 Å². The van der Waals surface area contributed by atoms with Crippen molar-refractivity contribution < 1.29 is 21.6 Å². The normalized spacial score (nSPS) is 12.2. The van der Waals surface area contributed by atoms with Crippen molar-refractivity contribution >= 4 is 27.3 Å². The molecule has 0 saturated heterocycles. The van der Waals surface area contributed by atoms with E-state index in [9.17, 15) is 21.6 Å². The van der Waals surface area contributed by atoms with Crippen LogP contribution in [0.1, 0.15) is 5.56 Å². The van der Waals surface area contributed by atoms with Crippen molar-refractivity contribution in [1.29, 1.82) is 0 Å². The number of aromatic nitrogens is 1. The van der Waals surface area contributed by atoms with E-state index in [1.165, 1.54) is 18.2 Å². The van der Waals surface area contributed by atoms with Gasteiger partial charge >= 0.3 is 6.18 Å². The third kappa shape index (κ3) is 3.64. The number of nitrogens with zero attached hydrogens (tertiary/aromatic N) is 1. The molecule has 1 heterocycles. The van der Waals surface area contributed by atoms with Crippen LogP contribution >= 0.6 is 11.6 Å². The summed E-state index contributed by atoms with van der Waals surface area (Å²) >= 11 is 5.53. The first-order valence-electron chi connectivity index (χ1n) is 5.51. The second-order valence-electron chi connectivity index (χ2n) is 3.97. The van der Waals surface area contributed by atoms with E-state index in [-0.39, 0.29) is 10.0 Å². The smallest absolute Gasteiger partial charge is 0.279 e. The number of hydrogen-bond donors (Lipinski definition) is 1. The standard InChI is InChI=1S/C12H8ClF3N2O2S/c13-11-6-5-8(7-17-11)21(19,20)18-10-4-2-1-3-9(10)12(14,15)16/h1-7,18H. The third-order valence-electron chi connectivity index (χ3n) is 2.49. The Morgan fingerprint density at radius 1 is 1.10 bits per heavy atom. The maximum atomic E-state index is 12.8. The van der Waals surface area contributed by atoms with Gasteiger partial charge < -0.3 is 0 Å². The summed E-state index contributed by atoms with van der Waals surface area (Å²) < 4.78 is 64.4. The average Bonchev–Trinajstić information content (AvgIpc) is 2.38. The summed E-state index contributed by atoms with van der Waals surface area (Å²) in [4.78, 5) is 3.29. The van der Waals surface area contributed by atoms with Crippen molar-refractivity contribution in [3.8, 4) is 0 Å². The van der Waals surface area contributed by atoms with Gasteiger partial charge in [0.1, 0.15) is 10.0 Å². The van der Waals surface area contributed by atoms with Crippen LogP contribution in [-0.2, 0) is 16.2 Å². The first-order chi connectivity index (χ1) is 9.70. The Kier molecular flexibility index (Phi) is 4.11. The molecule has 21 heavy (non-hydrogen) atoms. The van der Waals surface area contributed by atoms with Gasteiger partial charge in [-0.3, -0.25) is 4.72 Å². The number of halogens is 4. The summed E-state index contributed by atoms with van der Waals surface area (Å²) in [6, 6.07) is 6.67. The lowest BCUT2D eigenvalue weighted by Gasteiger charge is -2.14. The van der Waals surface area contributed by atoms with Crippen molar-refractivity contribution in [1.82, 2.24) is 4.98 Å². The van der Waals surface area contributed by atoms with Crippen molar-refractivity contribution in [3.63, 3.8) is 0 Å². The highest BCUT2D eigenvalue weighted by atomic mass is 35.5. The first kappa shape index (κ1) is 15.6. The minimum absolute atomic E-state index is 0.0737. The molecule has 2 rings (SSSR count). The molecule has 2 aromatic rings. The fourth-order valence-corrected chi connectivity index (χ4v) is 2.68.